The average Bonchev–Trinajstić information content (AvgIpc) is 2.30. The van der Waals surface area contributed by atoms with Gasteiger partial charge in [-0.25, -0.2) is 0 Å². The van der Waals surface area contributed by atoms with Gasteiger partial charge in [-0.2, -0.15) is 0 Å². The van der Waals surface area contributed by atoms with Gasteiger partial charge in [0.25, 0.3) is 0 Å². The predicted octanol–water partition coefficient (Wildman–Crippen LogP) is 1.01. The Morgan fingerprint density at radius 2 is 1.88 bits per heavy atom. The van der Waals surface area contributed by atoms with E-state index in [0.717, 1.165) is 18.0 Å². The number of nitrogens with one attached hydrogen (secondary N) is 1. The molecule has 0 amide bonds. The Balaban J connectivity index is 1.88. The molecule has 2 aliphatic rings. The van der Waals surface area contributed by atoms with Crippen molar-refractivity contribution in [3.63, 3.8) is 0 Å². The second-order valence-electron chi connectivity index (χ2n) is 5.74. The molecule has 0 aliphatic carbocycles. The lowest BCUT2D eigenvalue weighted by atomic mass is 9.91. The Morgan fingerprint density at radius 3 is 2.50 bits per heavy atom. The van der Waals surface area contributed by atoms with Crippen molar-refractivity contribution < 1.29 is 0 Å². The van der Waals surface area contributed by atoms with Crippen LogP contribution < -0.4 is 5.32 Å². The van der Waals surface area contributed by atoms with Gasteiger partial charge in [-0.1, -0.05) is 6.92 Å². The summed E-state index contributed by atoms with van der Waals surface area (Å²) in [6.07, 6.45) is 4.03. The molecule has 2 saturated heterocycles. The minimum atomic E-state index is 0.801. The average molecular weight is 225 g/mol. The molecule has 0 radical (unpaired) electrons. The Morgan fingerprint density at radius 1 is 1.19 bits per heavy atom. The van der Waals surface area contributed by atoms with E-state index in [1.54, 1.807) is 0 Å². The number of nitrogens with zero attached hydrogens (tertiary/aromatic N) is 2. The first kappa shape index (κ1) is 12.3. The number of hydrogen-bond donors (Lipinski definition) is 1. The van der Waals surface area contributed by atoms with E-state index >= 15 is 0 Å². The van der Waals surface area contributed by atoms with Crippen molar-refractivity contribution in [3.05, 3.63) is 0 Å². The topological polar surface area (TPSA) is 18.5 Å². The third-order valence-corrected chi connectivity index (χ3v) is 4.53. The second kappa shape index (κ2) is 5.48. The molecule has 0 bridgehead atoms. The maximum absolute atomic E-state index is 3.49. The lowest BCUT2D eigenvalue weighted by Crippen LogP contribution is -2.52. The maximum Gasteiger partial charge on any atom is 0.0145 e. The van der Waals surface area contributed by atoms with Gasteiger partial charge in [-0.3, -0.25) is 0 Å². The van der Waals surface area contributed by atoms with Crippen LogP contribution >= 0.6 is 0 Å². The van der Waals surface area contributed by atoms with Crippen LogP contribution in [0.3, 0.4) is 0 Å². The standard InChI is InChI=1S/C13H27N3/c1-11-10-14-7-4-13(11)16(3)12-5-8-15(2)9-6-12/h11-14H,4-10H2,1-3H3. The van der Waals surface area contributed by atoms with E-state index in [9.17, 15) is 0 Å². The predicted molar refractivity (Wildman–Crippen MR) is 68.7 cm³/mol. The Kier molecular flexibility index (Phi) is 4.22. The van der Waals surface area contributed by atoms with Gasteiger partial charge >= 0.3 is 0 Å². The van der Waals surface area contributed by atoms with Gasteiger partial charge in [0.15, 0.2) is 0 Å². The van der Waals surface area contributed by atoms with Crippen LogP contribution in [0, 0.1) is 5.92 Å². The number of rotatable bonds is 2. The summed E-state index contributed by atoms with van der Waals surface area (Å²) >= 11 is 0. The summed E-state index contributed by atoms with van der Waals surface area (Å²) in [4.78, 5) is 5.13. The highest BCUT2D eigenvalue weighted by atomic mass is 15.2. The summed E-state index contributed by atoms with van der Waals surface area (Å²) in [6, 6.07) is 1.62. The van der Waals surface area contributed by atoms with Crippen LogP contribution in [-0.4, -0.2) is 62.2 Å². The third-order valence-electron chi connectivity index (χ3n) is 4.53. The zero-order valence-electron chi connectivity index (χ0n) is 11.1. The third kappa shape index (κ3) is 2.76. The molecule has 0 aromatic rings. The first-order chi connectivity index (χ1) is 7.68. The molecule has 0 aromatic heterocycles. The minimum Gasteiger partial charge on any atom is -0.316 e. The molecule has 2 rings (SSSR count). The molecule has 2 heterocycles. The lowest BCUT2D eigenvalue weighted by molar-refractivity contribution is 0.0671. The highest BCUT2D eigenvalue weighted by Crippen LogP contribution is 2.23. The van der Waals surface area contributed by atoms with Crippen molar-refractivity contribution in [2.24, 2.45) is 5.92 Å². The van der Waals surface area contributed by atoms with E-state index in [1.165, 1.54) is 45.4 Å². The van der Waals surface area contributed by atoms with Crippen molar-refractivity contribution in [2.75, 3.05) is 40.3 Å². The van der Waals surface area contributed by atoms with E-state index in [-0.39, 0.29) is 0 Å². The zero-order valence-corrected chi connectivity index (χ0v) is 11.1. The molecule has 3 heteroatoms. The zero-order chi connectivity index (χ0) is 11.5. The summed E-state index contributed by atoms with van der Waals surface area (Å²) in [7, 11) is 4.59. The highest BCUT2D eigenvalue weighted by Gasteiger charge is 2.30. The highest BCUT2D eigenvalue weighted by molar-refractivity contribution is 4.87. The van der Waals surface area contributed by atoms with Crippen LogP contribution in [0.5, 0.6) is 0 Å². The fraction of sp³-hybridized carbons (Fsp3) is 1.00. The van der Waals surface area contributed by atoms with Gasteiger partial charge in [-0.15, -0.1) is 0 Å². The molecule has 94 valence electrons. The van der Waals surface area contributed by atoms with Gasteiger partial charge in [-0.05, 0) is 65.5 Å². The van der Waals surface area contributed by atoms with Gasteiger partial charge in [0.1, 0.15) is 0 Å². The summed E-state index contributed by atoms with van der Waals surface area (Å²) in [5, 5.41) is 3.49. The Bertz CT molecular complexity index is 211. The lowest BCUT2D eigenvalue weighted by Gasteiger charge is -2.43. The second-order valence-corrected chi connectivity index (χ2v) is 5.74. The van der Waals surface area contributed by atoms with E-state index < -0.39 is 0 Å². The maximum atomic E-state index is 3.49. The van der Waals surface area contributed by atoms with Crippen molar-refractivity contribution in [1.29, 1.82) is 0 Å². The summed E-state index contributed by atoms with van der Waals surface area (Å²) < 4.78 is 0. The monoisotopic (exact) mass is 225 g/mol. The quantitative estimate of drug-likeness (QED) is 0.757. The van der Waals surface area contributed by atoms with Crippen molar-refractivity contribution in [1.82, 2.24) is 15.1 Å². The number of piperidine rings is 2. The van der Waals surface area contributed by atoms with Crippen LogP contribution in [-0.2, 0) is 0 Å². The normalized spacial score (nSPS) is 34.5. The van der Waals surface area contributed by atoms with Crippen molar-refractivity contribution >= 4 is 0 Å². The van der Waals surface area contributed by atoms with Gasteiger partial charge < -0.3 is 15.1 Å². The van der Waals surface area contributed by atoms with E-state index in [2.05, 4.69) is 36.1 Å². The van der Waals surface area contributed by atoms with Crippen LogP contribution in [0.2, 0.25) is 0 Å². The van der Waals surface area contributed by atoms with Crippen molar-refractivity contribution in [3.8, 4) is 0 Å². The summed E-state index contributed by atoms with van der Waals surface area (Å²) in [5.74, 6) is 0.804. The van der Waals surface area contributed by atoms with Crippen LogP contribution in [0.25, 0.3) is 0 Å². The fourth-order valence-electron chi connectivity index (χ4n) is 3.28. The Hall–Kier alpha value is -0.120. The van der Waals surface area contributed by atoms with Crippen molar-refractivity contribution in [2.45, 2.75) is 38.3 Å². The first-order valence-corrected chi connectivity index (χ1v) is 6.79. The molecule has 3 nitrogen and oxygen atoms in total. The number of hydrogen-bond acceptors (Lipinski definition) is 3. The molecular formula is C13H27N3. The smallest absolute Gasteiger partial charge is 0.0145 e. The molecule has 2 atom stereocenters. The molecule has 0 saturated carbocycles. The molecular weight excluding hydrogens is 198 g/mol. The van der Waals surface area contributed by atoms with Crippen LogP contribution in [0.1, 0.15) is 26.2 Å². The van der Waals surface area contributed by atoms with Gasteiger partial charge in [0.05, 0.1) is 0 Å². The fourth-order valence-corrected chi connectivity index (χ4v) is 3.28. The number of likely N-dealkylation sites (tertiary alicyclic amines) is 1. The molecule has 2 fully saturated rings. The van der Waals surface area contributed by atoms with E-state index in [4.69, 9.17) is 0 Å². The van der Waals surface area contributed by atoms with Gasteiger partial charge in [0.2, 0.25) is 0 Å². The molecule has 2 unspecified atom stereocenters. The SMILES string of the molecule is CC1CNCCC1N(C)C1CCN(C)CC1. The molecule has 0 aromatic carbocycles. The molecule has 2 aliphatic heterocycles. The minimum absolute atomic E-state index is 0.801. The molecule has 0 spiro atoms. The van der Waals surface area contributed by atoms with E-state index in [1.807, 2.05) is 0 Å². The van der Waals surface area contributed by atoms with E-state index in [0.29, 0.717) is 0 Å². The summed E-state index contributed by atoms with van der Waals surface area (Å²) in [5.41, 5.74) is 0. The largest absolute Gasteiger partial charge is 0.316 e. The van der Waals surface area contributed by atoms with Crippen LogP contribution in [0.4, 0.5) is 0 Å². The van der Waals surface area contributed by atoms with Gasteiger partial charge in [0, 0.05) is 12.1 Å². The van der Waals surface area contributed by atoms with Crippen LogP contribution in [0.15, 0.2) is 0 Å². The first-order valence-electron chi connectivity index (χ1n) is 6.79. The molecule has 16 heavy (non-hydrogen) atoms. The summed E-state index contributed by atoms with van der Waals surface area (Å²) in [6.45, 7) is 7.33. The molecule has 1 N–H and O–H groups in total. The Labute approximate surface area is 100 Å².